The van der Waals surface area contributed by atoms with Crippen molar-refractivity contribution in [3.05, 3.63) is 20.6 Å². The van der Waals surface area contributed by atoms with Crippen LogP contribution in [0.5, 0.6) is 0 Å². The van der Waals surface area contributed by atoms with Crippen molar-refractivity contribution in [3.8, 4) is 0 Å². The lowest BCUT2D eigenvalue weighted by molar-refractivity contribution is -0.150. The first-order valence-corrected chi connectivity index (χ1v) is 12.7. The van der Waals surface area contributed by atoms with E-state index in [9.17, 15) is 28.9 Å². The second-order valence-electron chi connectivity index (χ2n) is 6.28. The third kappa shape index (κ3) is 4.14. The number of nitrogen functional groups attached to an aromatic ring is 2. The van der Waals surface area contributed by atoms with Crippen molar-refractivity contribution in [2.45, 2.75) is 15.8 Å². The molecule has 2 aliphatic heterocycles. The lowest BCUT2D eigenvalue weighted by atomic mass is 10.0. The second kappa shape index (κ2) is 8.86. The Morgan fingerprint density at radius 1 is 1.30 bits per heavy atom. The number of oxime groups is 1. The Morgan fingerprint density at radius 3 is 2.58 bits per heavy atom. The number of rotatable bonds is 6. The number of β-lactam (4-membered cyclic amide) rings is 1. The van der Waals surface area contributed by atoms with Crippen LogP contribution in [0.2, 0.25) is 4.34 Å². The molecule has 0 aliphatic carbocycles. The van der Waals surface area contributed by atoms with Crippen molar-refractivity contribution >= 4 is 90.6 Å². The molecule has 174 valence electrons. The number of amides is 2. The van der Waals surface area contributed by atoms with Crippen molar-refractivity contribution in [3.63, 3.8) is 0 Å². The van der Waals surface area contributed by atoms with Gasteiger partial charge in [-0.15, -0.1) is 10.2 Å². The lowest BCUT2D eigenvalue weighted by Crippen LogP contribution is -2.73. The summed E-state index contributed by atoms with van der Waals surface area (Å²) in [5.41, 5.74) is 9.87. The number of thioether (sulfide) groups is 1. The van der Waals surface area contributed by atoms with Crippen LogP contribution in [0.15, 0.2) is 20.1 Å². The van der Waals surface area contributed by atoms with Gasteiger partial charge in [0.1, 0.15) is 27.1 Å². The quantitative estimate of drug-likeness (QED) is 0.133. The van der Waals surface area contributed by atoms with Crippen LogP contribution in [-0.4, -0.2) is 75.3 Å². The minimum atomic E-state index is -1.78. The number of carbonyl (C=O) groups is 3. The largest absolute Gasteiger partial charge is 0.477 e. The number of thiazole rings is 1. The third-order valence-electron chi connectivity index (χ3n) is 4.35. The van der Waals surface area contributed by atoms with Crippen LogP contribution in [0.3, 0.4) is 0 Å². The van der Waals surface area contributed by atoms with Crippen LogP contribution in [0.25, 0.3) is 0 Å². The summed E-state index contributed by atoms with van der Waals surface area (Å²) in [7, 11) is -1.78. The highest BCUT2D eigenvalue weighted by Gasteiger charge is 2.57. The zero-order chi connectivity index (χ0) is 24.0. The number of carboxylic acids is 1. The van der Waals surface area contributed by atoms with Gasteiger partial charge < -0.3 is 27.1 Å². The maximum Gasteiger partial charge on any atom is 0.353 e. The van der Waals surface area contributed by atoms with E-state index in [1.54, 1.807) is 0 Å². The molecule has 19 heteroatoms. The van der Waals surface area contributed by atoms with Gasteiger partial charge in [-0.2, -0.15) is 0 Å². The Hall–Kier alpha value is -2.80. The topological polar surface area (TPSA) is 227 Å². The van der Waals surface area contributed by atoms with E-state index in [2.05, 4.69) is 25.7 Å². The van der Waals surface area contributed by atoms with Crippen LogP contribution in [-0.2, 0) is 25.2 Å². The second-order valence-corrected chi connectivity index (χ2v) is 11.8. The average Bonchev–Trinajstić information content (AvgIpc) is 3.30. The van der Waals surface area contributed by atoms with E-state index >= 15 is 0 Å². The number of carboxylic acid groups (broad SMARTS) is 1. The third-order valence-corrected chi connectivity index (χ3v) is 9.10. The molecule has 0 radical (unpaired) electrons. The molecule has 4 heterocycles. The number of aliphatic carboxylic acids is 1. The highest BCUT2D eigenvalue weighted by Crippen LogP contribution is 2.41. The summed E-state index contributed by atoms with van der Waals surface area (Å²) in [6.07, 6.45) is 0. The summed E-state index contributed by atoms with van der Waals surface area (Å²) in [4.78, 5) is 42.1. The molecule has 1 fully saturated rings. The zero-order valence-electron chi connectivity index (χ0n) is 15.8. The Morgan fingerprint density at radius 2 is 2.03 bits per heavy atom. The van der Waals surface area contributed by atoms with Gasteiger partial charge in [0, 0.05) is 4.91 Å². The van der Waals surface area contributed by atoms with Crippen molar-refractivity contribution in [1.29, 1.82) is 0 Å². The SMILES string of the molecule is Nc1nnc(SC2=C(C(=O)O)N3C(=O)[C@@H](NC(=O)/C(=N/O)c4nc(N)sc4Cl)C3S(=O)C2)s1. The molecule has 2 unspecified atom stereocenters. The molecule has 2 aromatic rings. The Balaban J connectivity index is 1.58. The van der Waals surface area contributed by atoms with Gasteiger partial charge in [0.15, 0.2) is 15.2 Å². The van der Waals surface area contributed by atoms with E-state index in [4.69, 9.17) is 23.1 Å². The predicted octanol–water partition coefficient (Wildman–Crippen LogP) is -0.505. The van der Waals surface area contributed by atoms with Crippen LogP contribution in [0.1, 0.15) is 5.69 Å². The fourth-order valence-corrected chi connectivity index (χ4v) is 7.71. The summed E-state index contributed by atoms with van der Waals surface area (Å²) in [6, 6.07) is -1.33. The maximum atomic E-state index is 12.9. The van der Waals surface area contributed by atoms with Gasteiger partial charge >= 0.3 is 5.97 Å². The minimum Gasteiger partial charge on any atom is -0.477 e. The first-order chi connectivity index (χ1) is 15.6. The van der Waals surface area contributed by atoms with Crippen LogP contribution in [0.4, 0.5) is 10.3 Å². The van der Waals surface area contributed by atoms with Gasteiger partial charge in [0.25, 0.3) is 11.8 Å². The summed E-state index contributed by atoms with van der Waals surface area (Å²) in [5, 5.41) is 30.6. The fraction of sp³-hybridized carbons (Fsp3) is 0.214. The van der Waals surface area contributed by atoms with E-state index in [0.717, 1.165) is 39.3 Å². The number of aromatic nitrogens is 3. The van der Waals surface area contributed by atoms with Crippen molar-refractivity contribution < 1.29 is 28.9 Å². The monoisotopic (exact) mass is 550 g/mol. The van der Waals surface area contributed by atoms with E-state index in [1.807, 2.05) is 0 Å². The first kappa shape index (κ1) is 23.4. The lowest BCUT2D eigenvalue weighted by Gasteiger charge is -2.48. The van der Waals surface area contributed by atoms with Crippen LogP contribution < -0.4 is 16.8 Å². The van der Waals surface area contributed by atoms with Crippen molar-refractivity contribution in [2.24, 2.45) is 5.16 Å². The van der Waals surface area contributed by atoms with Gasteiger partial charge in [-0.05, 0) is 0 Å². The average molecular weight is 551 g/mol. The standard InChI is InChI=1S/C14H11ClN8O6S4/c15-7-3(19-12(16)31-7)4(22-28)8(24)18-5-9(25)23-6(11(26)27)2(1-33(29)10(5)23)30-14-21-20-13(17)32-14/h5,10,28H,1H2,(H2,16,19)(H2,17,20)(H,18,24)(H,26,27)/b22-4+/t5-,10?,33?/m1/s1. The highest BCUT2D eigenvalue weighted by molar-refractivity contribution is 8.05. The fourth-order valence-electron chi connectivity index (χ4n) is 3.06. The summed E-state index contributed by atoms with van der Waals surface area (Å²) in [6.45, 7) is 0. The number of hydrogen-bond acceptors (Lipinski definition) is 14. The van der Waals surface area contributed by atoms with Gasteiger partial charge in [-0.25, -0.2) is 9.78 Å². The molecule has 1 saturated heterocycles. The molecule has 33 heavy (non-hydrogen) atoms. The normalized spacial score (nSPS) is 22.7. The first-order valence-electron chi connectivity index (χ1n) is 8.51. The molecule has 2 aliphatic rings. The van der Waals surface area contributed by atoms with Crippen LogP contribution in [0, 0.1) is 0 Å². The Bertz CT molecular complexity index is 1270. The molecule has 0 spiro atoms. The zero-order valence-corrected chi connectivity index (χ0v) is 19.8. The molecule has 14 nitrogen and oxygen atoms in total. The Kier molecular flexibility index (Phi) is 6.27. The number of nitrogens with one attached hydrogen (secondary N) is 1. The Labute approximate surface area is 203 Å². The smallest absolute Gasteiger partial charge is 0.353 e. The number of nitrogens with zero attached hydrogens (tertiary/aromatic N) is 5. The van der Waals surface area contributed by atoms with Gasteiger partial charge in [0.2, 0.25) is 5.13 Å². The van der Waals surface area contributed by atoms with Gasteiger partial charge in [-0.1, -0.05) is 51.2 Å². The number of anilines is 2. The number of carbonyl (C=O) groups excluding carboxylic acids is 2. The molecular weight excluding hydrogens is 540 g/mol. The molecule has 0 bridgehead atoms. The maximum absolute atomic E-state index is 12.9. The van der Waals surface area contributed by atoms with Crippen LogP contribution >= 0.6 is 46.0 Å². The van der Waals surface area contributed by atoms with E-state index in [-0.39, 0.29) is 36.6 Å². The molecule has 4 rings (SSSR count). The summed E-state index contributed by atoms with van der Waals surface area (Å²) in [5.74, 6) is -3.47. The van der Waals surface area contributed by atoms with Crippen molar-refractivity contribution in [2.75, 3.05) is 17.2 Å². The molecule has 2 aromatic heterocycles. The minimum absolute atomic E-state index is 0.0154. The molecule has 0 aromatic carbocycles. The van der Waals surface area contributed by atoms with Gasteiger partial charge in [-0.3, -0.25) is 18.7 Å². The van der Waals surface area contributed by atoms with E-state index in [0.29, 0.717) is 4.34 Å². The van der Waals surface area contributed by atoms with Gasteiger partial charge in [0.05, 0.1) is 16.6 Å². The molecule has 0 saturated carbocycles. The number of fused-ring (bicyclic) bond motifs is 1. The van der Waals surface area contributed by atoms with E-state index < -0.39 is 45.7 Å². The summed E-state index contributed by atoms with van der Waals surface area (Å²) < 4.78 is 13.2. The number of hydrogen-bond donors (Lipinski definition) is 5. The molecule has 2 amide bonds. The van der Waals surface area contributed by atoms with Crippen molar-refractivity contribution in [1.82, 2.24) is 25.4 Å². The molecule has 3 atom stereocenters. The van der Waals surface area contributed by atoms with E-state index in [1.165, 1.54) is 0 Å². The highest BCUT2D eigenvalue weighted by atomic mass is 35.5. The number of nitrogens with two attached hydrogens (primary N) is 2. The molecule has 7 N–H and O–H groups in total. The summed E-state index contributed by atoms with van der Waals surface area (Å²) >= 11 is 8.68. The number of halogens is 1. The molecular formula is C14H11ClN8O6S4. The predicted molar refractivity (Wildman–Crippen MR) is 120 cm³/mol.